The van der Waals surface area contributed by atoms with Crippen LogP contribution in [0.25, 0.3) is 11.1 Å². The molecule has 0 atom stereocenters. The molecule has 0 unspecified atom stereocenters. The Kier molecular flexibility index (Phi) is 3.70. The highest BCUT2D eigenvalue weighted by molar-refractivity contribution is 5.76. The first-order valence-corrected chi connectivity index (χ1v) is 6.47. The average molecular weight is 243 g/mol. The molecule has 1 heterocycles. The monoisotopic (exact) mass is 243 g/mol. The molecule has 18 heavy (non-hydrogen) atoms. The Bertz CT molecular complexity index is 526. The number of aryl methyl sites for hydroxylation is 2. The van der Waals surface area contributed by atoms with Gasteiger partial charge in [-0.3, -0.25) is 5.10 Å². The molecular weight excluding hydrogens is 222 g/mol. The van der Waals surface area contributed by atoms with E-state index in [-0.39, 0.29) is 0 Å². The molecule has 3 heteroatoms. The van der Waals surface area contributed by atoms with Crippen LogP contribution in [0.4, 0.5) is 5.82 Å². The number of H-pyrrole nitrogens is 1. The van der Waals surface area contributed by atoms with E-state index in [0.717, 1.165) is 29.7 Å². The van der Waals surface area contributed by atoms with Crippen LogP contribution in [-0.4, -0.2) is 10.2 Å². The van der Waals surface area contributed by atoms with Gasteiger partial charge in [0.1, 0.15) is 0 Å². The summed E-state index contributed by atoms with van der Waals surface area (Å²) >= 11 is 0. The number of nitrogens with zero attached hydrogens (tertiary/aromatic N) is 1. The van der Waals surface area contributed by atoms with Gasteiger partial charge in [0.2, 0.25) is 0 Å². The molecular formula is C15H21N3. The van der Waals surface area contributed by atoms with Gasteiger partial charge in [-0.25, -0.2) is 0 Å². The number of aromatic amines is 1. The van der Waals surface area contributed by atoms with Gasteiger partial charge in [-0.1, -0.05) is 43.7 Å². The topological polar surface area (TPSA) is 54.7 Å². The van der Waals surface area contributed by atoms with Gasteiger partial charge in [0.15, 0.2) is 5.82 Å². The van der Waals surface area contributed by atoms with Crippen molar-refractivity contribution in [3.63, 3.8) is 0 Å². The normalized spacial score (nSPS) is 11.1. The molecule has 96 valence electrons. The first-order chi connectivity index (χ1) is 8.58. The maximum atomic E-state index is 5.99. The minimum absolute atomic E-state index is 0.597. The molecule has 2 rings (SSSR count). The van der Waals surface area contributed by atoms with Crippen LogP contribution in [0, 0.1) is 12.8 Å². The van der Waals surface area contributed by atoms with Crippen molar-refractivity contribution in [3.05, 3.63) is 35.5 Å². The van der Waals surface area contributed by atoms with Gasteiger partial charge in [0.25, 0.3) is 0 Å². The molecule has 0 aliphatic heterocycles. The Balaban J connectivity index is 2.34. The number of rotatable bonds is 4. The van der Waals surface area contributed by atoms with Crippen molar-refractivity contribution in [3.8, 4) is 11.1 Å². The molecule has 0 aliphatic carbocycles. The minimum atomic E-state index is 0.597. The van der Waals surface area contributed by atoms with Gasteiger partial charge in [-0.15, -0.1) is 0 Å². The molecule has 0 saturated heterocycles. The van der Waals surface area contributed by atoms with Gasteiger partial charge in [-0.05, 0) is 31.2 Å². The zero-order valence-corrected chi connectivity index (χ0v) is 11.3. The molecule has 0 amide bonds. The average Bonchev–Trinajstić information content (AvgIpc) is 2.68. The van der Waals surface area contributed by atoms with Crippen LogP contribution in [0.3, 0.4) is 0 Å². The molecule has 0 aliphatic rings. The Morgan fingerprint density at radius 3 is 2.78 bits per heavy atom. The molecule has 0 fully saturated rings. The van der Waals surface area contributed by atoms with Gasteiger partial charge < -0.3 is 5.73 Å². The quantitative estimate of drug-likeness (QED) is 0.862. The third-order valence-electron chi connectivity index (χ3n) is 3.15. The number of anilines is 1. The summed E-state index contributed by atoms with van der Waals surface area (Å²) in [5.74, 6) is 1.28. The number of benzene rings is 1. The maximum absolute atomic E-state index is 5.99. The molecule has 0 spiro atoms. The zero-order chi connectivity index (χ0) is 13.1. The largest absolute Gasteiger partial charge is 0.382 e. The smallest absolute Gasteiger partial charge is 0.153 e. The molecule has 0 radical (unpaired) electrons. The SMILES string of the molecule is Cc1cccc(-c2c(N)n[nH]c2CCC(C)C)c1. The van der Waals surface area contributed by atoms with Crippen LogP contribution in [0.1, 0.15) is 31.5 Å². The summed E-state index contributed by atoms with van der Waals surface area (Å²) in [5, 5.41) is 7.23. The third-order valence-corrected chi connectivity index (χ3v) is 3.15. The Morgan fingerprint density at radius 2 is 2.11 bits per heavy atom. The van der Waals surface area contributed by atoms with Gasteiger partial charge in [-0.2, -0.15) is 5.10 Å². The molecule has 0 saturated carbocycles. The van der Waals surface area contributed by atoms with Crippen LogP contribution in [0.15, 0.2) is 24.3 Å². The number of nitrogen functional groups attached to an aromatic ring is 1. The summed E-state index contributed by atoms with van der Waals surface area (Å²) in [7, 11) is 0. The van der Waals surface area contributed by atoms with Gasteiger partial charge in [0.05, 0.1) is 0 Å². The Morgan fingerprint density at radius 1 is 1.33 bits per heavy atom. The van der Waals surface area contributed by atoms with Crippen LogP contribution in [-0.2, 0) is 6.42 Å². The lowest BCUT2D eigenvalue weighted by Crippen LogP contribution is -1.95. The number of hydrogen-bond acceptors (Lipinski definition) is 2. The lowest BCUT2D eigenvalue weighted by Gasteiger charge is -2.07. The van der Waals surface area contributed by atoms with Crippen molar-refractivity contribution in [2.24, 2.45) is 5.92 Å². The summed E-state index contributed by atoms with van der Waals surface area (Å²) in [6.45, 7) is 6.55. The van der Waals surface area contributed by atoms with Crippen molar-refractivity contribution >= 4 is 5.82 Å². The summed E-state index contributed by atoms with van der Waals surface area (Å²) in [4.78, 5) is 0. The van der Waals surface area contributed by atoms with Crippen molar-refractivity contribution in [2.45, 2.75) is 33.6 Å². The highest BCUT2D eigenvalue weighted by atomic mass is 15.2. The third kappa shape index (κ3) is 2.73. The summed E-state index contributed by atoms with van der Waals surface area (Å²) < 4.78 is 0. The summed E-state index contributed by atoms with van der Waals surface area (Å²) in [6, 6.07) is 8.39. The Hall–Kier alpha value is -1.77. The van der Waals surface area contributed by atoms with E-state index in [1.54, 1.807) is 0 Å². The fourth-order valence-corrected chi connectivity index (χ4v) is 2.13. The van der Waals surface area contributed by atoms with Crippen LogP contribution >= 0.6 is 0 Å². The standard InChI is InChI=1S/C15H21N3/c1-10(2)7-8-13-14(15(16)18-17-13)12-6-4-5-11(3)9-12/h4-6,9-10H,7-8H2,1-3H3,(H3,16,17,18). The fourth-order valence-electron chi connectivity index (χ4n) is 2.13. The minimum Gasteiger partial charge on any atom is -0.382 e. The number of nitrogens with two attached hydrogens (primary N) is 1. The second-order valence-corrected chi connectivity index (χ2v) is 5.26. The zero-order valence-electron chi connectivity index (χ0n) is 11.3. The van der Waals surface area contributed by atoms with E-state index in [9.17, 15) is 0 Å². The van der Waals surface area contributed by atoms with Crippen LogP contribution in [0.5, 0.6) is 0 Å². The number of nitrogens with one attached hydrogen (secondary N) is 1. The highest BCUT2D eigenvalue weighted by Crippen LogP contribution is 2.29. The highest BCUT2D eigenvalue weighted by Gasteiger charge is 2.13. The maximum Gasteiger partial charge on any atom is 0.153 e. The molecule has 1 aromatic carbocycles. The van der Waals surface area contributed by atoms with Crippen molar-refractivity contribution < 1.29 is 0 Å². The van der Waals surface area contributed by atoms with Crippen LogP contribution < -0.4 is 5.73 Å². The molecule has 1 aromatic heterocycles. The predicted molar refractivity (Wildman–Crippen MR) is 76.3 cm³/mol. The van der Waals surface area contributed by atoms with Gasteiger partial charge >= 0.3 is 0 Å². The van der Waals surface area contributed by atoms with E-state index in [1.165, 1.54) is 5.56 Å². The predicted octanol–water partition coefficient (Wildman–Crippen LogP) is 3.56. The van der Waals surface area contributed by atoms with Crippen molar-refractivity contribution in [1.29, 1.82) is 0 Å². The molecule has 3 nitrogen and oxygen atoms in total. The lowest BCUT2D eigenvalue weighted by molar-refractivity contribution is 0.581. The second kappa shape index (κ2) is 5.25. The lowest BCUT2D eigenvalue weighted by atomic mass is 9.99. The van der Waals surface area contributed by atoms with E-state index >= 15 is 0 Å². The van der Waals surface area contributed by atoms with E-state index < -0.39 is 0 Å². The first kappa shape index (κ1) is 12.7. The molecule has 3 N–H and O–H groups in total. The van der Waals surface area contributed by atoms with Crippen molar-refractivity contribution in [2.75, 3.05) is 5.73 Å². The van der Waals surface area contributed by atoms with E-state index in [1.807, 2.05) is 0 Å². The van der Waals surface area contributed by atoms with Crippen LogP contribution in [0.2, 0.25) is 0 Å². The number of aromatic nitrogens is 2. The summed E-state index contributed by atoms with van der Waals surface area (Å²) in [5.41, 5.74) is 10.6. The Labute approximate surface area is 108 Å². The van der Waals surface area contributed by atoms with Crippen molar-refractivity contribution in [1.82, 2.24) is 10.2 Å². The van der Waals surface area contributed by atoms with E-state index in [4.69, 9.17) is 5.73 Å². The number of hydrogen-bond donors (Lipinski definition) is 2. The first-order valence-electron chi connectivity index (χ1n) is 6.47. The van der Waals surface area contributed by atoms with Gasteiger partial charge in [0, 0.05) is 11.3 Å². The van der Waals surface area contributed by atoms with E-state index in [0.29, 0.717) is 11.7 Å². The molecule has 2 aromatic rings. The fraction of sp³-hybridized carbons (Fsp3) is 0.400. The summed E-state index contributed by atoms with van der Waals surface area (Å²) in [6.07, 6.45) is 2.13. The van der Waals surface area contributed by atoms with E-state index in [2.05, 4.69) is 55.2 Å². The second-order valence-electron chi connectivity index (χ2n) is 5.26. The molecule has 0 bridgehead atoms.